The molecule has 0 aliphatic rings. The number of ether oxygens (including phenoxy) is 1. The first kappa shape index (κ1) is 23.7. The first-order chi connectivity index (χ1) is 12.0. The molecule has 0 saturated heterocycles. The van der Waals surface area contributed by atoms with Gasteiger partial charge < -0.3 is 10.1 Å². The first-order valence-corrected chi connectivity index (χ1v) is 9.33. The highest BCUT2D eigenvalue weighted by molar-refractivity contribution is 6.30. The lowest BCUT2D eigenvalue weighted by Gasteiger charge is -2.33. The van der Waals surface area contributed by atoms with Crippen LogP contribution in [-0.2, 0) is 13.2 Å². The Morgan fingerprint density at radius 2 is 1.63 bits per heavy atom. The van der Waals surface area contributed by atoms with Crippen LogP contribution in [0.5, 0.6) is 5.75 Å². The lowest BCUT2D eigenvalue weighted by atomic mass is 9.82. The molecule has 0 spiro atoms. The number of hydrogen-bond donors (Lipinski definition) is 1. The molecule has 0 amide bonds. The van der Waals surface area contributed by atoms with Crippen molar-refractivity contribution in [3.63, 3.8) is 0 Å². The predicted molar refractivity (Wildman–Crippen MR) is 114 cm³/mol. The minimum atomic E-state index is -0.244. The van der Waals surface area contributed by atoms with Crippen LogP contribution in [0.15, 0.2) is 42.5 Å². The van der Waals surface area contributed by atoms with Gasteiger partial charge in [-0.1, -0.05) is 44.5 Å². The van der Waals surface area contributed by atoms with Crippen LogP contribution < -0.4 is 10.1 Å². The van der Waals surface area contributed by atoms with Crippen LogP contribution in [0.3, 0.4) is 0 Å². The van der Waals surface area contributed by atoms with Gasteiger partial charge in [0.2, 0.25) is 0 Å². The topological polar surface area (TPSA) is 21.3 Å². The maximum Gasteiger partial charge on any atom is 0.124 e. The highest BCUT2D eigenvalue weighted by Crippen LogP contribution is 2.29. The van der Waals surface area contributed by atoms with Gasteiger partial charge in [0.15, 0.2) is 0 Å². The van der Waals surface area contributed by atoms with E-state index in [1.807, 2.05) is 18.2 Å². The average Bonchev–Trinajstić information content (AvgIpc) is 2.51. The smallest absolute Gasteiger partial charge is 0.124 e. The zero-order chi connectivity index (χ0) is 19.4. The van der Waals surface area contributed by atoms with Crippen LogP contribution >= 0.6 is 24.0 Å². The first-order valence-electron chi connectivity index (χ1n) is 8.95. The van der Waals surface area contributed by atoms with Gasteiger partial charge >= 0.3 is 0 Å². The van der Waals surface area contributed by atoms with E-state index in [4.69, 9.17) is 16.3 Å². The van der Waals surface area contributed by atoms with Crippen LogP contribution in [0.25, 0.3) is 0 Å². The SMILES string of the molecule is CC(C)(C)CC(C)(C)NCc1cc(Cl)ccc1OCc1ccc(F)cc1.Cl. The molecule has 0 bridgehead atoms. The highest BCUT2D eigenvalue weighted by atomic mass is 35.5. The van der Waals surface area contributed by atoms with E-state index in [-0.39, 0.29) is 29.2 Å². The molecule has 2 rings (SSSR count). The average molecular weight is 414 g/mol. The molecule has 5 heteroatoms. The maximum atomic E-state index is 13.0. The summed E-state index contributed by atoms with van der Waals surface area (Å²) < 4.78 is 19.0. The van der Waals surface area contributed by atoms with Crippen molar-refractivity contribution in [1.82, 2.24) is 5.32 Å². The van der Waals surface area contributed by atoms with Crippen LogP contribution in [-0.4, -0.2) is 5.54 Å². The van der Waals surface area contributed by atoms with E-state index >= 15 is 0 Å². The van der Waals surface area contributed by atoms with E-state index in [2.05, 4.69) is 39.9 Å². The van der Waals surface area contributed by atoms with Gasteiger partial charge in [-0.2, -0.15) is 0 Å². The molecule has 0 aromatic heterocycles. The van der Waals surface area contributed by atoms with Gasteiger partial charge in [0.1, 0.15) is 18.2 Å². The summed E-state index contributed by atoms with van der Waals surface area (Å²) in [5.74, 6) is 0.545. The van der Waals surface area contributed by atoms with Gasteiger partial charge in [0, 0.05) is 22.7 Å². The van der Waals surface area contributed by atoms with E-state index in [9.17, 15) is 4.39 Å². The molecule has 2 aromatic carbocycles. The molecule has 0 heterocycles. The van der Waals surface area contributed by atoms with Gasteiger partial charge in [0.25, 0.3) is 0 Å². The third-order valence-corrected chi connectivity index (χ3v) is 4.29. The largest absolute Gasteiger partial charge is 0.489 e. The fourth-order valence-corrected chi connectivity index (χ4v) is 3.49. The summed E-state index contributed by atoms with van der Waals surface area (Å²) in [5, 5.41) is 4.30. The summed E-state index contributed by atoms with van der Waals surface area (Å²) in [4.78, 5) is 0. The Morgan fingerprint density at radius 3 is 2.22 bits per heavy atom. The summed E-state index contributed by atoms with van der Waals surface area (Å²) in [5.41, 5.74) is 2.18. The van der Waals surface area contributed by atoms with E-state index in [0.29, 0.717) is 18.2 Å². The molecule has 150 valence electrons. The highest BCUT2D eigenvalue weighted by Gasteiger charge is 2.25. The van der Waals surface area contributed by atoms with E-state index in [1.165, 1.54) is 12.1 Å². The van der Waals surface area contributed by atoms with Crippen LogP contribution in [0.2, 0.25) is 5.02 Å². The fourth-order valence-electron chi connectivity index (χ4n) is 3.29. The van der Waals surface area contributed by atoms with Gasteiger partial charge in [-0.25, -0.2) is 4.39 Å². The molecule has 0 aliphatic carbocycles. The Kier molecular flexibility index (Phi) is 8.59. The maximum absolute atomic E-state index is 13.0. The molecule has 0 unspecified atom stereocenters. The lowest BCUT2D eigenvalue weighted by molar-refractivity contribution is 0.238. The Bertz CT molecular complexity index is 724. The van der Waals surface area contributed by atoms with Crippen molar-refractivity contribution in [3.05, 3.63) is 64.4 Å². The van der Waals surface area contributed by atoms with E-state index in [1.54, 1.807) is 12.1 Å². The standard InChI is InChI=1S/C22H29ClFNO.ClH/c1-21(2,3)15-22(4,5)25-13-17-12-18(23)8-11-20(17)26-14-16-6-9-19(24)10-7-16;/h6-12,25H,13-15H2,1-5H3;1H. The predicted octanol–water partition coefficient (Wildman–Crippen LogP) is 6.78. The summed E-state index contributed by atoms with van der Waals surface area (Å²) in [7, 11) is 0. The number of rotatable bonds is 7. The van der Waals surface area contributed by atoms with Crippen molar-refractivity contribution in [3.8, 4) is 5.75 Å². The van der Waals surface area contributed by atoms with Gasteiger partial charge in [-0.05, 0) is 61.6 Å². The number of hydrogen-bond acceptors (Lipinski definition) is 2. The number of nitrogens with one attached hydrogen (secondary N) is 1. The van der Waals surface area contributed by atoms with Crippen molar-refractivity contribution in [1.29, 1.82) is 0 Å². The van der Waals surface area contributed by atoms with Crippen LogP contribution in [0.1, 0.15) is 52.2 Å². The zero-order valence-electron chi connectivity index (χ0n) is 16.7. The molecule has 0 radical (unpaired) electrons. The molecule has 0 atom stereocenters. The molecule has 0 aliphatic heterocycles. The second-order valence-corrected chi connectivity index (χ2v) is 9.08. The fraction of sp³-hybridized carbons (Fsp3) is 0.455. The Hall–Kier alpha value is -1.29. The molecular formula is C22H30Cl2FNO. The van der Waals surface area contributed by atoms with Crippen molar-refractivity contribution in [2.75, 3.05) is 0 Å². The molecule has 1 N–H and O–H groups in total. The van der Waals surface area contributed by atoms with Gasteiger partial charge in [0.05, 0.1) is 0 Å². The Balaban J connectivity index is 0.00000364. The van der Waals surface area contributed by atoms with E-state index < -0.39 is 0 Å². The van der Waals surface area contributed by atoms with Crippen LogP contribution in [0.4, 0.5) is 4.39 Å². The zero-order valence-corrected chi connectivity index (χ0v) is 18.3. The Morgan fingerprint density at radius 1 is 1.00 bits per heavy atom. The number of benzene rings is 2. The summed E-state index contributed by atoms with van der Waals surface area (Å²) >= 11 is 6.18. The molecule has 27 heavy (non-hydrogen) atoms. The molecule has 0 saturated carbocycles. The third kappa shape index (κ3) is 8.50. The second-order valence-electron chi connectivity index (χ2n) is 8.64. The molecular weight excluding hydrogens is 384 g/mol. The summed E-state index contributed by atoms with van der Waals surface area (Å²) in [6, 6.07) is 12.0. The monoisotopic (exact) mass is 413 g/mol. The Labute approximate surface area is 173 Å². The van der Waals surface area contributed by atoms with Crippen molar-refractivity contribution in [2.24, 2.45) is 5.41 Å². The molecule has 0 fully saturated rings. The molecule has 2 nitrogen and oxygen atoms in total. The minimum absolute atomic E-state index is 0. The third-order valence-electron chi connectivity index (χ3n) is 4.06. The van der Waals surface area contributed by atoms with Crippen molar-refractivity contribution < 1.29 is 9.13 Å². The van der Waals surface area contributed by atoms with E-state index in [0.717, 1.165) is 23.3 Å². The molecule has 2 aromatic rings. The lowest BCUT2D eigenvalue weighted by Crippen LogP contribution is -2.41. The van der Waals surface area contributed by atoms with Gasteiger partial charge in [-0.3, -0.25) is 0 Å². The minimum Gasteiger partial charge on any atom is -0.489 e. The summed E-state index contributed by atoms with van der Waals surface area (Å²) in [6.07, 6.45) is 1.05. The van der Waals surface area contributed by atoms with Crippen molar-refractivity contribution >= 4 is 24.0 Å². The second kappa shape index (κ2) is 9.77. The van der Waals surface area contributed by atoms with Gasteiger partial charge in [-0.15, -0.1) is 12.4 Å². The van der Waals surface area contributed by atoms with Crippen molar-refractivity contribution in [2.45, 2.75) is 59.7 Å². The normalized spacial score (nSPS) is 11.8. The van der Waals surface area contributed by atoms with Crippen LogP contribution in [0, 0.1) is 11.2 Å². The quantitative estimate of drug-likeness (QED) is 0.539. The summed E-state index contributed by atoms with van der Waals surface area (Å²) in [6.45, 7) is 12.2. The number of halogens is 3.